The van der Waals surface area contributed by atoms with E-state index in [1.165, 1.54) is 0 Å². The van der Waals surface area contributed by atoms with Crippen LogP contribution in [0.4, 0.5) is 11.6 Å². The Balaban J connectivity index is 1.42. The summed E-state index contributed by atoms with van der Waals surface area (Å²) in [5, 5.41) is 10.2. The number of rotatable bonds is 3. The molecule has 2 aromatic heterocycles. The highest BCUT2D eigenvalue weighted by Gasteiger charge is 2.21. The van der Waals surface area contributed by atoms with Crippen molar-refractivity contribution in [1.82, 2.24) is 19.5 Å². The molecular weight excluding hydrogens is 400 g/mol. The fourth-order valence-corrected chi connectivity index (χ4v) is 4.00. The molecule has 1 saturated heterocycles. The number of anilines is 2. The number of phenols is 1. The van der Waals surface area contributed by atoms with E-state index in [2.05, 4.69) is 14.8 Å². The van der Waals surface area contributed by atoms with Crippen LogP contribution in [0.15, 0.2) is 54.9 Å². The van der Waals surface area contributed by atoms with Crippen molar-refractivity contribution < 1.29 is 5.11 Å². The van der Waals surface area contributed by atoms with Gasteiger partial charge in [-0.25, -0.2) is 9.97 Å². The third-order valence-electron chi connectivity index (χ3n) is 5.42. The second-order valence-electron chi connectivity index (χ2n) is 7.37. The van der Waals surface area contributed by atoms with E-state index in [-0.39, 0.29) is 5.75 Å². The van der Waals surface area contributed by atoms with Gasteiger partial charge in [-0.3, -0.25) is 4.57 Å². The summed E-state index contributed by atoms with van der Waals surface area (Å²) in [4.78, 5) is 18.6. The van der Waals surface area contributed by atoms with Crippen molar-refractivity contribution in [2.24, 2.45) is 0 Å². The van der Waals surface area contributed by atoms with Crippen LogP contribution in [-0.2, 0) is 0 Å². The predicted molar refractivity (Wildman–Crippen MR) is 119 cm³/mol. The summed E-state index contributed by atoms with van der Waals surface area (Å²) < 4.78 is 1.95. The van der Waals surface area contributed by atoms with E-state index in [4.69, 9.17) is 21.6 Å². The van der Waals surface area contributed by atoms with E-state index >= 15 is 0 Å². The molecule has 1 aliphatic rings. The first-order chi connectivity index (χ1) is 14.6. The Bertz CT molecular complexity index is 1200. The molecule has 1 fully saturated rings. The Hall–Kier alpha value is -3.32. The summed E-state index contributed by atoms with van der Waals surface area (Å²) in [6, 6.07) is 15.0. The van der Waals surface area contributed by atoms with Crippen LogP contribution in [0.5, 0.6) is 5.75 Å². The third-order valence-corrected chi connectivity index (χ3v) is 5.66. The molecule has 0 bridgehead atoms. The Morgan fingerprint density at radius 3 is 2.37 bits per heavy atom. The number of hydrogen-bond donors (Lipinski definition) is 1. The Morgan fingerprint density at radius 1 is 0.900 bits per heavy atom. The van der Waals surface area contributed by atoms with E-state index in [1.807, 2.05) is 47.9 Å². The molecule has 2 aromatic carbocycles. The molecule has 0 aliphatic carbocycles. The largest absolute Gasteiger partial charge is 0.508 e. The molecule has 5 rings (SSSR count). The van der Waals surface area contributed by atoms with E-state index in [0.717, 1.165) is 54.4 Å². The number of halogens is 1. The first-order valence-corrected chi connectivity index (χ1v) is 10.2. The predicted octanol–water partition coefficient (Wildman–Crippen LogP) is 3.81. The molecule has 152 valence electrons. The van der Waals surface area contributed by atoms with Crippen molar-refractivity contribution in [2.45, 2.75) is 6.92 Å². The summed E-state index contributed by atoms with van der Waals surface area (Å²) in [6.45, 7) is 5.32. The number of phenolic OH excluding ortho intramolecular Hbond substituents is 1. The fourth-order valence-electron chi connectivity index (χ4n) is 3.81. The summed E-state index contributed by atoms with van der Waals surface area (Å²) >= 11 is 6.18. The molecule has 0 radical (unpaired) electrons. The smallest absolute Gasteiger partial charge is 0.227 e. The number of aromatic hydroxyl groups is 1. The van der Waals surface area contributed by atoms with Crippen molar-refractivity contribution in [3.05, 3.63) is 65.6 Å². The van der Waals surface area contributed by atoms with E-state index in [1.54, 1.807) is 18.5 Å². The zero-order chi connectivity index (χ0) is 20.7. The number of nitrogens with zero attached hydrogens (tertiary/aromatic N) is 6. The molecule has 0 atom stereocenters. The van der Waals surface area contributed by atoms with Crippen molar-refractivity contribution in [3.8, 4) is 11.4 Å². The highest BCUT2D eigenvalue weighted by molar-refractivity contribution is 6.30. The van der Waals surface area contributed by atoms with Gasteiger partial charge in [0.1, 0.15) is 17.6 Å². The quantitative estimate of drug-likeness (QED) is 0.543. The molecule has 8 heteroatoms. The average Bonchev–Trinajstić information content (AvgIpc) is 3.19. The van der Waals surface area contributed by atoms with Crippen molar-refractivity contribution in [2.75, 3.05) is 36.0 Å². The molecule has 3 heterocycles. The van der Waals surface area contributed by atoms with Gasteiger partial charge in [-0.15, -0.1) is 0 Å². The molecule has 1 N–H and O–H groups in total. The van der Waals surface area contributed by atoms with Gasteiger partial charge < -0.3 is 14.9 Å². The van der Waals surface area contributed by atoms with Gasteiger partial charge in [-0.05, 0) is 49.4 Å². The Labute approximate surface area is 179 Å². The van der Waals surface area contributed by atoms with Gasteiger partial charge in [0.05, 0.1) is 11.4 Å². The standard InChI is InChI=1S/C22H21ClN6O/c1-15-20-21(29(14-24-20)18-4-2-3-16(23)13-18)26-22(25-15)28-11-9-27(10-12-28)17-5-7-19(30)8-6-17/h2-8,13-14,30H,9-12H2,1H3. The third kappa shape index (κ3) is 3.41. The maximum Gasteiger partial charge on any atom is 0.227 e. The van der Waals surface area contributed by atoms with Gasteiger partial charge in [0, 0.05) is 36.9 Å². The van der Waals surface area contributed by atoms with Gasteiger partial charge in [0.2, 0.25) is 5.95 Å². The highest BCUT2D eigenvalue weighted by Crippen LogP contribution is 2.25. The first kappa shape index (κ1) is 18.7. The van der Waals surface area contributed by atoms with Gasteiger partial charge in [-0.2, -0.15) is 4.98 Å². The number of aromatic nitrogens is 4. The zero-order valence-electron chi connectivity index (χ0n) is 16.5. The summed E-state index contributed by atoms with van der Waals surface area (Å²) in [6.07, 6.45) is 1.77. The summed E-state index contributed by atoms with van der Waals surface area (Å²) in [7, 11) is 0. The van der Waals surface area contributed by atoms with Crippen LogP contribution < -0.4 is 9.80 Å². The second-order valence-corrected chi connectivity index (χ2v) is 7.80. The fraction of sp³-hybridized carbons (Fsp3) is 0.227. The lowest BCUT2D eigenvalue weighted by Gasteiger charge is -2.36. The normalized spacial score (nSPS) is 14.5. The van der Waals surface area contributed by atoms with Crippen LogP contribution in [0, 0.1) is 6.92 Å². The zero-order valence-corrected chi connectivity index (χ0v) is 17.3. The van der Waals surface area contributed by atoms with Crippen LogP contribution in [0.2, 0.25) is 5.02 Å². The van der Waals surface area contributed by atoms with Gasteiger partial charge >= 0.3 is 0 Å². The summed E-state index contributed by atoms with van der Waals surface area (Å²) in [5.74, 6) is 1.00. The molecule has 1 aliphatic heterocycles. The molecule has 0 saturated carbocycles. The van der Waals surface area contributed by atoms with Crippen LogP contribution in [0.1, 0.15) is 5.69 Å². The molecular formula is C22H21ClN6O. The molecule has 7 nitrogen and oxygen atoms in total. The summed E-state index contributed by atoms with van der Waals surface area (Å²) in [5.41, 5.74) is 4.46. The SMILES string of the molecule is Cc1nc(N2CCN(c3ccc(O)cc3)CC2)nc2c1ncn2-c1cccc(Cl)c1. The molecule has 0 amide bonds. The minimum absolute atomic E-state index is 0.283. The Morgan fingerprint density at radius 2 is 1.63 bits per heavy atom. The van der Waals surface area contributed by atoms with E-state index < -0.39 is 0 Å². The minimum atomic E-state index is 0.283. The van der Waals surface area contributed by atoms with E-state index in [0.29, 0.717) is 11.0 Å². The first-order valence-electron chi connectivity index (χ1n) is 9.85. The number of benzene rings is 2. The number of hydrogen-bond acceptors (Lipinski definition) is 6. The van der Waals surface area contributed by atoms with Crippen molar-refractivity contribution in [3.63, 3.8) is 0 Å². The molecule has 0 unspecified atom stereocenters. The van der Waals surface area contributed by atoms with Crippen LogP contribution >= 0.6 is 11.6 Å². The topological polar surface area (TPSA) is 70.3 Å². The second kappa shape index (κ2) is 7.50. The van der Waals surface area contributed by atoms with Gasteiger partial charge in [0.25, 0.3) is 0 Å². The lowest BCUT2D eigenvalue weighted by atomic mass is 10.2. The van der Waals surface area contributed by atoms with Crippen LogP contribution in [0.3, 0.4) is 0 Å². The lowest BCUT2D eigenvalue weighted by molar-refractivity contribution is 0.475. The van der Waals surface area contributed by atoms with Gasteiger partial charge in [0.15, 0.2) is 5.65 Å². The molecule has 4 aromatic rings. The van der Waals surface area contributed by atoms with Crippen LogP contribution in [0.25, 0.3) is 16.9 Å². The van der Waals surface area contributed by atoms with E-state index in [9.17, 15) is 5.11 Å². The molecule has 0 spiro atoms. The van der Waals surface area contributed by atoms with Crippen LogP contribution in [-0.4, -0.2) is 50.8 Å². The maximum absolute atomic E-state index is 9.50. The maximum atomic E-state index is 9.50. The highest BCUT2D eigenvalue weighted by atomic mass is 35.5. The van der Waals surface area contributed by atoms with Gasteiger partial charge in [-0.1, -0.05) is 17.7 Å². The number of aryl methyl sites for hydroxylation is 1. The van der Waals surface area contributed by atoms with Crippen molar-refractivity contribution >= 4 is 34.4 Å². The molecule has 30 heavy (non-hydrogen) atoms. The Kier molecular flexibility index (Phi) is 4.67. The number of imidazole rings is 1. The number of fused-ring (bicyclic) bond motifs is 1. The minimum Gasteiger partial charge on any atom is -0.508 e. The van der Waals surface area contributed by atoms with Crippen molar-refractivity contribution in [1.29, 1.82) is 0 Å². The lowest BCUT2D eigenvalue weighted by Crippen LogP contribution is -2.47. The average molecular weight is 421 g/mol. The monoisotopic (exact) mass is 420 g/mol. The number of piperazine rings is 1.